The Morgan fingerprint density at radius 3 is 2.85 bits per heavy atom. The fourth-order valence-electron chi connectivity index (χ4n) is 1.76. The molecule has 0 aliphatic carbocycles. The minimum atomic E-state index is -0.556. The Bertz CT molecular complexity index is 781. The lowest BCUT2D eigenvalue weighted by Crippen LogP contribution is -2.20. The second-order valence-electron chi connectivity index (χ2n) is 5.51. The third kappa shape index (κ3) is 5.85. The van der Waals surface area contributed by atoms with Crippen LogP contribution < -0.4 is 14.8 Å². The summed E-state index contributed by atoms with van der Waals surface area (Å²) in [6, 6.07) is 4.02. The first-order chi connectivity index (χ1) is 12.4. The van der Waals surface area contributed by atoms with Crippen molar-refractivity contribution < 1.29 is 19.2 Å². The number of hydrogen-bond donors (Lipinski definition) is 1. The highest BCUT2D eigenvalue weighted by Gasteiger charge is 2.16. The van der Waals surface area contributed by atoms with Crippen LogP contribution in [0, 0.1) is 16.0 Å². The molecule has 140 valence electrons. The third-order valence-electron chi connectivity index (χ3n) is 2.91. The lowest BCUT2D eigenvalue weighted by atomic mass is 10.3. The molecule has 1 amide bonds. The molecule has 11 heteroatoms. The van der Waals surface area contributed by atoms with Gasteiger partial charge in [-0.1, -0.05) is 36.9 Å². The van der Waals surface area contributed by atoms with E-state index in [1.165, 1.54) is 36.6 Å². The van der Waals surface area contributed by atoms with Gasteiger partial charge in [0.15, 0.2) is 10.9 Å². The van der Waals surface area contributed by atoms with Crippen molar-refractivity contribution >= 4 is 39.8 Å². The van der Waals surface area contributed by atoms with Gasteiger partial charge >= 0.3 is 5.69 Å². The van der Waals surface area contributed by atoms with Crippen molar-refractivity contribution in [1.29, 1.82) is 0 Å². The van der Waals surface area contributed by atoms with Crippen LogP contribution in [0.4, 0.5) is 10.8 Å². The van der Waals surface area contributed by atoms with E-state index in [1.54, 1.807) is 11.8 Å². The Morgan fingerprint density at radius 2 is 2.19 bits per heavy atom. The number of anilines is 1. The van der Waals surface area contributed by atoms with Crippen LogP contribution in [0.3, 0.4) is 0 Å². The molecular formula is C15H18N4O5S2. The molecule has 0 atom stereocenters. The molecule has 1 heterocycles. The first-order valence-electron chi connectivity index (χ1n) is 7.60. The van der Waals surface area contributed by atoms with E-state index in [9.17, 15) is 14.9 Å². The summed E-state index contributed by atoms with van der Waals surface area (Å²) in [5.74, 6) is 1.40. The van der Waals surface area contributed by atoms with Gasteiger partial charge in [0.05, 0.1) is 12.0 Å². The van der Waals surface area contributed by atoms with Crippen molar-refractivity contribution in [1.82, 2.24) is 10.2 Å². The Kier molecular flexibility index (Phi) is 7.16. The van der Waals surface area contributed by atoms with Gasteiger partial charge in [-0.2, -0.15) is 0 Å². The maximum atomic E-state index is 11.9. The van der Waals surface area contributed by atoms with E-state index in [0.717, 1.165) is 10.1 Å². The SMILES string of the molecule is COc1cc(OCC(=O)Nc2nnc(SCC(C)C)s2)ccc1[N+](=O)[O-]. The molecule has 0 aliphatic rings. The summed E-state index contributed by atoms with van der Waals surface area (Å²) in [5, 5.41) is 21.8. The predicted octanol–water partition coefficient (Wildman–Crippen LogP) is 3.22. The molecule has 26 heavy (non-hydrogen) atoms. The summed E-state index contributed by atoms with van der Waals surface area (Å²) in [6.45, 7) is 3.96. The Balaban J connectivity index is 1.88. The molecule has 0 aliphatic heterocycles. The highest BCUT2D eigenvalue weighted by atomic mass is 32.2. The molecule has 2 aromatic rings. The molecule has 0 unspecified atom stereocenters. The minimum Gasteiger partial charge on any atom is -0.490 e. The van der Waals surface area contributed by atoms with Crippen molar-refractivity contribution in [2.45, 2.75) is 18.2 Å². The minimum absolute atomic E-state index is 0.0591. The Hall–Kier alpha value is -2.40. The molecule has 9 nitrogen and oxygen atoms in total. The normalized spacial score (nSPS) is 10.6. The average Bonchev–Trinajstić information content (AvgIpc) is 3.05. The van der Waals surface area contributed by atoms with Crippen molar-refractivity contribution in [2.75, 3.05) is 24.8 Å². The second kappa shape index (κ2) is 9.34. The maximum Gasteiger partial charge on any atom is 0.311 e. The highest BCUT2D eigenvalue weighted by molar-refractivity contribution is 8.01. The number of thioether (sulfide) groups is 1. The summed E-state index contributed by atoms with van der Waals surface area (Å²) in [6.07, 6.45) is 0. The number of methoxy groups -OCH3 is 1. The smallest absolute Gasteiger partial charge is 0.311 e. The molecule has 0 fully saturated rings. The van der Waals surface area contributed by atoms with Crippen LogP contribution in [0.15, 0.2) is 22.5 Å². The van der Waals surface area contributed by atoms with E-state index < -0.39 is 10.8 Å². The van der Waals surface area contributed by atoms with Crippen molar-refractivity contribution in [3.63, 3.8) is 0 Å². The van der Waals surface area contributed by atoms with Gasteiger partial charge < -0.3 is 9.47 Å². The molecule has 0 bridgehead atoms. The van der Waals surface area contributed by atoms with Crippen LogP contribution in [0.1, 0.15) is 13.8 Å². The number of benzene rings is 1. The maximum absolute atomic E-state index is 11.9. The average molecular weight is 398 g/mol. The first kappa shape index (κ1) is 19.9. The molecule has 2 rings (SSSR count). The molecule has 0 radical (unpaired) electrons. The topological polar surface area (TPSA) is 116 Å². The van der Waals surface area contributed by atoms with Gasteiger partial charge in [-0.15, -0.1) is 10.2 Å². The zero-order valence-corrected chi connectivity index (χ0v) is 16.1. The molecule has 0 saturated heterocycles. The zero-order chi connectivity index (χ0) is 19.1. The monoisotopic (exact) mass is 398 g/mol. The molecule has 0 spiro atoms. The molecule has 1 aromatic carbocycles. The van der Waals surface area contributed by atoms with E-state index >= 15 is 0 Å². The van der Waals surface area contributed by atoms with E-state index in [0.29, 0.717) is 11.0 Å². The van der Waals surface area contributed by atoms with Gasteiger partial charge in [0.2, 0.25) is 10.9 Å². The second-order valence-corrected chi connectivity index (χ2v) is 7.75. The van der Waals surface area contributed by atoms with Crippen molar-refractivity contribution in [3.8, 4) is 11.5 Å². The lowest BCUT2D eigenvalue weighted by Gasteiger charge is -2.07. The Labute approximate surface area is 158 Å². The molecular weight excluding hydrogens is 380 g/mol. The van der Waals surface area contributed by atoms with E-state index in [1.807, 2.05) is 0 Å². The standard InChI is InChI=1S/C15H18N4O5S2/c1-9(2)8-25-15-18-17-14(26-15)16-13(20)7-24-10-4-5-11(19(21)22)12(6-10)23-3/h4-6,9H,7-8H2,1-3H3,(H,16,17,20). The number of aromatic nitrogens is 2. The van der Waals surface area contributed by atoms with Crippen LogP contribution in [0.2, 0.25) is 0 Å². The summed E-state index contributed by atoms with van der Waals surface area (Å²) >= 11 is 2.88. The number of nitrogens with one attached hydrogen (secondary N) is 1. The highest BCUT2D eigenvalue weighted by Crippen LogP contribution is 2.31. The summed E-state index contributed by atoms with van der Waals surface area (Å²) in [7, 11) is 1.32. The number of nitrogens with zero attached hydrogens (tertiary/aromatic N) is 3. The number of amides is 1. The largest absolute Gasteiger partial charge is 0.490 e. The number of hydrogen-bond acceptors (Lipinski definition) is 9. The van der Waals surface area contributed by atoms with Gasteiger partial charge in [-0.05, 0) is 12.0 Å². The van der Waals surface area contributed by atoms with E-state index in [4.69, 9.17) is 9.47 Å². The van der Waals surface area contributed by atoms with Gasteiger partial charge in [-0.3, -0.25) is 20.2 Å². The lowest BCUT2D eigenvalue weighted by molar-refractivity contribution is -0.385. The summed E-state index contributed by atoms with van der Waals surface area (Å²) < 4.78 is 11.1. The van der Waals surface area contributed by atoms with Gasteiger partial charge in [0.25, 0.3) is 5.91 Å². The fourth-order valence-corrected chi connectivity index (χ4v) is 3.50. The van der Waals surface area contributed by atoms with Gasteiger partial charge in [0, 0.05) is 17.9 Å². The number of rotatable bonds is 9. The third-order valence-corrected chi connectivity index (χ3v) is 5.31. The van der Waals surface area contributed by atoms with E-state index in [-0.39, 0.29) is 23.8 Å². The number of carbonyl (C=O) groups excluding carboxylic acids is 1. The van der Waals surface area contributed by atoms with Crippen LogP contribution in [0.5, 0.6) is 11.5 Å². The molecule has 1 N–H and O–H groups in total. The summed E-state index contributed by atoms with van der Waals surface area (Å²) in [5.41, 5.74) is -0.176. The number of carbonyl (C=O) groups is 1. The quantitative estimate of drug-likeness (QED) is 0.296. The number of nitro benzene ring substituents is 1. The van der Waals surface area contributed by atoms with Gasteiger partial charge in [0.1, 0.15) is 5.75 Å². The zero-order valence-electron chi connectivity index (χ0n) is 14.4. The van der Waals surface area contributed by atoms with Crippen LogP contribution in [0.25, 0.3) is 0 Å². The van der Waals surface area contributed by atoms with E-state index in [2.05, 4.69) is 29.4 Å². The van der Waals surface area contributed by atoms with Gasteiger partial charge in [-0.25, -0.2) is 0 Å². The summed E-state index contributed by atoms with van der Waals surface area (Å²) in [4.78, 5) is 22.2. The van der Waals surface area contributed by atoms with Crippen molar-refractivity contribution in [3.05, 3.63) is 28.3 Å². The van der Waals surface area contributed by atoms with Crippen LogP contribution in [-0.4, -0.2) is 40.5 Å². The fraction of sp³-hybridized carbons (Fsp3) is 0.400. The number of ether oxygens (including phenoxy) is 2. The Morgan fingerprint density at radius 1 is 1.42 bits per heavy atom. The predicted molar refractivity (Wildman–Crippen MR) is 99.2 cm³/mol. The molecule has 0 saturated carbocycles. The molecule has 1 aromatic heterocycles. The van der Waals surface area contributed by atoms with Crippen LogP contribution in [-0.2, 0) is 4.79 Å². The first-order valence-corrected chi connectivity index (χ1v) is 9.40. The number of nitro groups is 1. The van der Waals surface area contributed by atoms with Crippen molar-refractivity contribution in [2.24, 2.45) is 5.92 Å². The van der Waals surface area contributed by atoms with Crippen LogP contribution >= 0.6 is 23.1 Å².